The number of amides is 2. The first kappa shape index (κ1) is 21.2. The summed E-state index contributed by atoms with van der Waals surface area (Å²) >= 11 is 0. The number of hydrogen-bond donors (Lipinski definition) is 2. The molecule has 7 nitrogen and oxygen atoms in total. The topological polar surface area (TPSA) is 79.3 Å². The van der Waals surface area contributed by atoms with Crippen LogP contribution in [0.15, 0.2) is 42.6 Å². The van der Waals surface area contributed by atoms with Crippen LogP contribution in [0.5, 0.6) is 0 Å². The fourth-order valence-corrected chi connectivity index (χ4v) is 4.29. The summed E-state index contributed by atoms with van der Waals surface area (Å²) in [5.41, 5.74) is 4.05. The molecule has 1 aliphatic carbocycles. The van der Waals surface area contributed by atoms with Crippen LogP contribution < -0.4 is 15.5 Å². The highest BCUT2D eigenvalue weighted by Crippen LogP contribution is 2.37. The number of aromatic nitrogens is 2. The van der Waals surface area contributed by atoms with Gasteiger partial charge in [0.05, 0.1) is 24.1 Å². The standard InChI is InChI=1S/C25H26FN5O2/c1-15-6-9-22-21(10-15)29-23-19(13-28-30(23)2)14-31(22)25(33)17-7-8-18(20(26)11-17)12-27-24(32)16-4-3-5-16/h6-11,13,16,29H,3-5,12,14H2,1-2H3,(H,27,32). The number of nitrogens with one attached hydrogen (secondary N) is 2. The van der Waals surface area contributed by atoms with Crippen molar-refractivity contribution in [3.05, 3.63) is 70.7 Å². The molecule has 2 aromatic carbocycles. The van der Waals surface area contributed by atoms with Crippen LogP contribution in [-0.2, 0) is 24.9 Å². The molecule has 1 aliphatic heterocycles. The number of rotatable bonds is 4. The van der Waals surface area contributed by atoms with Crippen molar-refractivity contribution in [1.82, 2.24) is 15.1 Å². The molecule has 8 heteroatoms. The summed E-state index contributed by atoms with van der Waals surface area (Å²) in [7, 11) is 1.84. The summed E-state index contributed by atoms with van der Waals surface area (Å²) in [6, 6.07) is 10.3. The molecule has 0 unspecified atom stereocenters. The summed E-state index contributed by atoms with van der Waals surface area (Å²) in [5, 5.41) is 10.5. The van der Waals surface area contributed by atoms with E-state index in [0.29, 0.717) is 12.1 Å². The molecule has 1 aromatic heterocycles. The van der Waals surface area contributed by atoms with E-state index in [1.54, 1.807) is 27.9 Å². The first-order valence-corrected chi connectivity index (χ1v) is 11.2. The van der Waals surface area contributed by atoms with Crippen LogP contribution in [0.3, 0.4) is 0 Å². The second-order valence-electron chi connectivity index (χ2n) is 8.83. The van der Waals surface area contributed by atoms with Crippen LogP contribution >= 0.6 is 0 Å². The van der Waals surface area contributed by atoms with E-state index in [4.69, 9.17) is 0 Å². The average Bonchev–Trinajstić information content (AvgIpc) is 3.00. The van der Waals surface area contributed by atoms with Gasteiger partial charge < -0.3 is 15.5 Å². The van der Waals surface area contributed by atoms with Crippen molar-refractivity contribution in [2.75, 3.05) is 10.2 Å². The maximum Gasteiger partial charge on any atom is 0.258 e. The molecule has 0 radical (unpaired) electrons. The van der Waals surface area contributed by atoms with Gasteiger partial charge in [-0.3, -0.25) is 14.3 Å². The van der Waals surface area contributed by atoms with Crippen molar-refractivity contribution in [3.63, 3.8) is 0 Å². The highest BCUT2D eigenvalue weighted by molar-refractivity contribution is 6.08. The van der Waals surface area contributed by atoms with E-state index in [1.165, 1.54) is 6.07 Å². The average molecular weight is 448 g/mol. The number of anilines is 3. The van der Waals surface area contributed by atoms with Gasteiger partial charge in [-0.25, -0.2) is 4.39 Å². The number of carbonyl (C=O) groups excluding carboxylic acids is 2. The zero-order valence-corrected chi connectivity index (χ0v) is 18.7. The van der Waals surface area contributed by atoms with Crippen molar-refractivity contribution in [2.24, 2.45) is 13.0 Å². The van der Waals surface area contributed by atoms with Crippen molar-refractivity contribution >= 4 is 29.0 Å². The molecule has 5 rings (SSSR count). The van der Waals surface area contributed by atoms with Gasteiger partial charge in [0.1, 0.15) is 11.6 Å². The van der Waals surface area contributed by atoms with Crippen molar-refractivity contribution in [3.8, 4) is 0 Å². The Balaban J connectivity index is 1.41. The number of fused-ring (bicyclic) bond motifs is 2. The first-order valence-electron chi connectivity index (χ1n) is 11.2. The Morgan fingerprint density at radius 2 is 2.03 bits per heavy atom. The fourth-order valence-electron chi connectivity index (χ4n) is 4.29. The molecule has 0 atom stereocenters. The normalized spacial score (nSPS) is 15.1. The third-order valence-electron chi connectivity index (χ3n) is 6.51. The molecule has 1 fully saturated rings. The van der Waals surface area contributed by atoms with E-state index in [1.807, 2.05) is 32.2 Å². The van der Waals surface area contributed by atoms with Gasteiger partial charge in [-0.05, 0) is 49.6 Å². The molecule has 2 amide bonds. The third-order valence-corrected chi connectivity index (χ3v) is 6.51. The highest BCUT2D eigenvalue weighted by atomic mass is 19.1. The zero-order chi connectivity index (χ0) is 23.1. The Kier molecular flexibility index (Phi) is 5.36. The molecule has 2 N–H and O–H groups in total. The smallest absolute Gasteiger partial charge is 0.258 e. The van der Waals surface area contributed by atoms with E-state index in [2.05, 4.69) is 15.7 Å². The summed E-state index contributed by atoms with van der Waals surface area (Å²) in [5.74, 6) is 0.0287. The van der Waals surface area contributed by atoms with E-state index in [0.717, 1.165) is 47.6 Å². The van der Waals surface area contributed by atoms with Gasteiger partial charge in [0, 0.05) is 36.2 Å². The van der Waals surface area contributed by atoms with Crippen LogP contribution in [0.2, 0.25) is 0 Å². The van der Waals surface area contributed by atoms with Crippen LogP contribution in [0.25, 0.3) is 0 Å². The van der Waals surface area contributed by atoms with E-state index in [9.17, 15) is 14.0 Å². The van der Waals surface area contributed by atoms with Crippen LogP contribution in [0.4, 0.5) is 21.6 Å². The number of nitrogens with zero attached hydrogens (tertiary/aromatic N) is 3. The molecular weight excluding hydrogens is 421 g/mol. The van der Waals surface area contributed by atoms with Crippen LogP contribution in [0, 0.1) is 18.7 Å². The minimum absolute atomic E-state index is 0.0305. The lowest BCUT2D eigenvalue weighted by atomic mass is 9.85. The Morgan fingerprint density at radius 3 is 2.76 bits per heavy atom. The van der Waals surface area contributed by atoms with Crippen LogP contribution in [0.1, 0.15) is 46.3 Å². The largest absolute Gasteiger partial charge is 0.352 e. The molecule has 170 valence electrons. The molecule has 2 heterocycles. The number of halogens is 1. The van der Waals surface area contributed by atoms with Gasteiger partial charge in [-0.2, -0.15) is 5.10 Å². The summed E-state index contributed by atoms with van der Waals surface area (Å²) < 4.78 is 16.6. The molecular formula is C25H26FN5O2. The monoisotopic (exact) mass is 447 g/mol. The molecule has 3 aromatic rings. The lowest BCUT2D eigenvalue weighted by Gasteiger charge is -2.24. The van der Waals surface area contributed by atoms with Gasteiger partial charge in [-0.15, -0.1) is 0 Å². The molecule has 0 saturated heterocycles. The molecule has 0 spiro atoms. The summed E-state index contributed by atoms with van der Waals surface area (Å²) in [6.07, 6.45) is 4.59. The quantitative estimate of drug-likeness (QED) is 0.629. The Bertz CT molecular complexity index is 1250. The Labute approximate surface area is 191 Å². The predicted molar refractivity (Wildman–Crippen MR) is 124 cm³/mol. The van der Waals surface area contributed by atoms with Gasteiger partial charge in [-0.1, -0.05) is 18.6 Å². The second kappa shape index (κ2) is 8.35. The molecule has 33 heavy (non-hydrogen) atoms. The van der Waals surface area contributed by atoms with Gasteiger partial charge in [0.15, 0.2) is 0 Å². The van der Waals surface area contributed by atoms with Crippen molar-refractivity contribution in [1.29, 1.82) is 0 Å². The van der Waals surface area contributed by atoms with Crippen molar-refractivity contribution in [2.45, 2.75) is 39.3 Å². The second-order valence-corrected chi connectivity index (χ2v) is 8.83. The summed E-state index contributed by atoms with van der Waals surface area (Å²) in [6.45, 7) is 2.41. The van der Waals surface area contributed by atoms with E-state index < -0.39 is 5.82 Å². The lowest BCUT2D eigenvalue weighted by Crippen LogP contribution is -2.34. The SMILES string of the molecule is Cc1ccc2c(c1)Nc1c(cnn1C)CN2C(=O)c1ccc(CNC(=O)C2CCC2)c(F)c1. The molecule has 2 aliphatic rings. The number of hydrogen-bond acceptors (Lipinski definition) is 4. The van der Waals surface area contributed by atoms with Crippen LogP contribution in [-0.4, -0.2) is 21.6 Å². The Hall–Kier alpha value is -3.68. The fraction of sp³-hybridized carbons (Fsp3) is 0.320. The van der Waals surface area contributed by atoms with Gasteiger partial charge >= 0.3 is 0 Å². The Morgan fingerprint density at radius 1 is 1.21 bits per heavy atom. The minimum Gasteiger partial charge on any atom is -0.352 e. The minimum atomic E-state index is -0.506. The van der Waals surface area contributed by atoms with Gasteiger partial charge in [0.2, 0.25) is 5.91 Å². The summed E-state index contributed by atoms with van der Waals surface area (Å²) in [4.78, 5) is 27.2. The highest BCUT2D eigenvalue weighted by Gasteiger charge is 2.28. The lowest BCUT2D eigenvalue weighted by molar-refractivity contribution is -0.127. The van der Waals surface area contributed by atoms with Gasteiger partial charge in [0.25, 0.3) is 5.91 Å². The molecule has 0 bridgehead atoms. The third kappa shape index (κ3) is 3.97. The first-order chi connectivity index (χ1) is 15.9. The van der Waals surface area contributed by atoms with E-state index >= 15 is 0 Å². The number of benzene rings is 2. The molecule has 1 saturated carbocycles. The zero-order valence-electron chi connectivity index (χ0n) is 18.7. The van der Waals surface area contributed by atoms with E-state index in [-0.39, 0.29) is 29.8 Å². The maximum absolute atomic E-state index is 14.8. The predicted octanol–water partition coefficient (Wildman–Crippen LogP) is 4.19. The number of carbonyl (C=O) groups is 2. The van der Waals surface area contributed by atoms with Crippen molar-refractivity contribution < 1.29 is 14.0 Å². The number of aryl methyl sites for hydroxylation is 2. The maximum atomic E-state index is 14.8.